The number of methoxy groups -OCH3 is 1. The molecule has 2 aromatic carbocycles. The van der Waals surface area contributed by atoms with E-state index in [9.17, 15) is 34.8 Å². The number of ether oxygens (including phenoxy) is 2. The van der Waals surface area contributed by atoms with Crippen LogP contribution in [0, 0.1) is 5.92 Å². The number of carbonyl (C=O) groups is 3. The van der Waals surface area contributed by atoms with Gasteiger partial charge in [0.2, 0.25) is 5.78 Å². The van der Waals surface area contributed by atoms with Crippen molar-refractivity contribution in [1.29, 1.82) is 0 Å². The minimum absolute atomic E-state index is 0.00376. The molecule has 6 N–H and O–H groups in total. The molecule has 2 aromatic rings. The lowest BCUT2D eigenvalue weighted by atomic mass is 9.74. The molecule has 2 aliphatic carbocycles. The Morgan fingerprint density at radius 1 is 1.08 bits per heavy atom. The summed E-state index contributed by atoms with van der Waals surface area (Å²) < 4.78 is 10.3. The highest BCUT2D eigenvalue weighted by atomic mass is 16.5. The largest absolute Gasteiger partial charge is 0.507 e. The van der Waals surface area contributed by atoms with Crippen molar-refractivity contribution in [3.05, 3.63) is 51.6 Å². The van der Waals surface area contributed by atoms with Gasteiger partial charge in [0.1, 0.15) is 23.0 Å². The molecule has 1 fully saturated rings. The number of rotatable bonds is 2. The maximum absolute atomic E-state index is 13.1. The number of hydrogen-bond donors (Lipinski definition) is 5. The van der Waals surface area contributed by atoms with Gasteiger partial charge in [0.15, 0.2) is 5.78 Å². The van der Waals surface area contributed by atoms with Gasteiger partial charge in [0, 0.05) is 35.3 Å². The molecule has 0 amide bonds. The van der Waals surface area contributed by atoms with Crippen LogP contribution in [0.5, 0.6) is 17.2 Å². The Bertz CT molecular complexity index is 1260. The Morgan fingerprint density at radius 2 is 1.76 bits per heavy atom. The van der Waals surface area contributed by atoms with Crippen LogP contribution < -0.4 is 10.5 Å². The van der Waals surface area contributed by atoms with Gasteiger partial charge in [0.05, 0.1) is 42.1 Å². The van der Waals surface area contributed by atoms with Gasteiger partial charge in [-0.3, -0.25) is 14.4 Å². The van der Waals surface area contributed by atoms with E-state index in [1.54, 1.807) is 6.07 Å². The van der Waals surface area contributed by atoms with Gasteiger partial charge in [0.25, 0.3) is 0 Å². The van der Waals surface area contributed by atoms with Gasteiger partial charge in [-0.1, -0.05) is 12.1 Å². The fourth-order valence-corrected chi connectivity index (χ4v) is 5.22. The minimum Gasteiger partial charge on any atom is -0.507 e. The Morgan fingerprint density at radius 3 is 2.35 bits per heavy atom. The van der Waals surface area contributed by atoms with Crippen molar-refractivity contribution >= 4 is 17.3 Å². The number of fused-ring (bicyclic) bond motifs is 3. The summed E-state index contributed by atoms with van der Waals surface area (Å²) in [7, 11) is 1.36. The van der Waals surface area contributed by atoms with Crippen LogP contribution in [-0.4, -0.2) is 69.7 Å². The first kappa shape index (κ1) is 26.7. The van der Waals surface area contributed by atoms with E-state index in [4.69, 9.17) is 15.2 Å². The number of phenolic OH excluding ortho intramolecular Hbond substituents is 2. The molecule has 1 saturated heterocycles. The summed E-state index contributed by atoms with van der Waals surface area (Å²) >= 11 is 0. The molecule has 1 heterocycles. The number of hydrogen-bond acceptors (Lipinski definition) is 10. The third kappa shape index (κ3) is 4.50. The van der Waals surface area contributed by atoms with E-state index in [1.807, 2.05) is 6.92 Å². The van der Waals surface area contributed by atoms with E-state index in [2.05, 4.69) is 0 Å². The van der Waals surface area contributed by atoms with Crippen molar-refractivity contribution in [3.8, 4) is 17.2 Å². The van der Waals surface area contributed by atoms with E-state index in [-0.39, 0.29) is 69.9 Å². The van der Waals surface area contributed by atoms with Crippen LogP contribution >= 0.6 is 0 Å². The van der Waals surface area contributed by atoms with Gasteiger partial charge >= 0.3 is 0 Å². The highest BCUT2D eigenvalue weighted by Gasteiger charge is 2.42. The predicted molar refractivity (Wildman–Crippen MR) is 131 cm³/mol. The zero-order valence-corrected chi connectivity index (χ0v) is 20.9. The summed E-state index contributed by atoms with van der Waals surface area (Å²) in [6.07, 6.45) is -0.897. The van der Waals surface area contributed by atoms with Crippen LogP contribution in [0.4, 0.5) is 0 Å². The molecule has 0 spiro atoms. The van der Waals surface area contributed by atoms with Crippen LogP contribution in [-0.2, 0) is 16.0 Å². The molecular weight excluding hydrogens is 482 g/mol. The highest BCUT2D eigenvalue weighted by Crippen LogP contribution is 2.50. The molecule has 5 rings (SSSR count). The van der Waals surface area contributed by atoms with Crippen LogP contribution in [0.1, 0.15) is 75.8 Å². The zero-order chi connectivity index (χ0) is 27.2. The summed E-state index contributed by atoms with van der Waals surface area (Å²) in [6, 6.07) is 4.44. The van der Waals surface area contributed by atoms with Crippen molar-refractivity contribution in [2.75, 3.05) is 13.7 Å². The monoisotopic (exact) mass is 513 g/mol. The Kier molecular flexibility index (Phi) is 7.38. The van der Waals surface area contributed by atoms with Crippen LogP contribution in [0.25, 0.3) is 0 Å². The Hall–Kier alpha value is -3.31. The van der Waals surface area contributed by atoms with Crippen LogP contribution in [0.15, 0.2) is 18.2 Å². The van der Waals surface area contributed by atoms with Gasteiger partial charge in [-0.2, -0.15) is 0 Å². The molecule has 5 atom stereocenters. The van der Waals surface area contributed by atoms with Gasteiger partial charge in [-0.15, -0.1) is 0 Å². The Labute approximate surface area is 213 Å². The van der Waals surface area contributed by atoms with Crippen molar-refractivity contribution < 1.29 is 44.3 Å². The number of Topliss-reactive ketones (excluding diaryl/α,β-unsaturated/α-hetero) is 1. The lowest BCUT2D eigenvalue weighted by molar-refractivity contribution is -0.122. The number of ketones is 3. The number of benzene rings is 2. The third-order valence-corrected chi connectivity index (χ3v) is 7.38. The average Bonchev–Trinajstić information content (AvgIpc) is 2.87. The average molecular weight is 514 g/mol. The number of aliphatic hydroxyl groups excluding tert-OH is 2. The molecule has 0 saturated carbocycles. The van der Waals surface area contributed by atoms with E-state index in [0.717, 1.165) is 6.42 Å². The standard InChI is InChI=1S/C21H18O7.C6H13NO2/c1-8(22)9-6-11-14(12(23)7-9)20(26)17-16(19(11)25)18(24)10-4-3-5-13(28-2)15(10)21(17)27;1-4-6(8)5(7)2-3-9-4/h3-5,9,12,23,25-26H,6-7H2,1-2H3;4-6,8H,2-3,7H2,1H3/t9?,12-;/m0./s1. The molecule has 0 radical (unpaired) electrons. The van der Waals surface area contributed by atoms with E-state index < -0.39 is 41.2 Å². The summed E-state index contributed by atoms with van der Waals surface area (Å²) in [5.74, 6) is -2.84. The molecule has 10 heteroatoms. The summed E-state index contributed by atoms with van der Waals surface area (Å²) in [5, 5.41) is 41.3. The number of carbonyl (C=O) groups excluding carboxylic acids is 3. The minimum atomic E-state index is -1.24. The van der Waals surface area contributed by atoms with E-state index >= 15 is 0 Å². The lowest BCUT2D eigenvalue weighted by Crippen LogP contribution is -2.47. The van der Waals surface area contributed by atoms with Crippen molar-refractivity contribution in [1.82, 2.24) is 0 Å². The number of aromatic hydroxyl groups is 2. The summed E-state index contributed by atoms with van der Waals surface area (Å²) in [6.45, 7) is 3.90. The zero-order valence-electron chi connectivity index (χ0n) is 20.9. The van der Waals surface area contributed by atoms with Crippen molar-refractivity contribution in [3.63, 3.8) is 0 Å². The first-order valence-electron chi connectivity index (χ1n) is 12.1. The first-order chi connectivity index (χ1) is 17.5. The SMILES string of the molecule is CC1OCCC(N)C1O.COc1cccc2c1C(=O)c1c(O)c3c(c(O)c1C2=O)CC(C(C)=O)C[C@@H]3O. The van der Waals surface area contributed by atoms with Crippen molar-refractivity contribution in [2.45, 2.75) is 57.5 Å². The molecule has 1 aliphatic heterocycles. The van der Waals surface area contributed by atoms with Gasteiger partial charge in [-0.05, 0) is 39.2 Å². The third-order valence-electron chi connectivity index (χ3n) is 7.38. The summed E-state index contributed by atoms with van der Waals surface area (Å²) in [4.78, 5) is 38.0. The number of phenols is 2. The molecule has 198 valence electrons. The van der Waals surface area contributed by atoms with Crippen LogP contribution in [0.2, 0.25) is 0 Å². The maximum Gasteiger partial charge on any atom is 0.202 e. The second kappa shape index (κ2) is 10.2. The topological polar surface area (TPSA) is 177 Å². The number of nitrogens with two attached hydrogens (primary N) is 1. The summed E-state index contributed by atoms with van der Waals surface area (Å²) in [5.41, 5.74) is 5.07. The molecule has 37 heavy (non-hydrogen) atoms. The first-order valence-corrected chi connectivity index (χ1v) is 12.1. The lowest BCUT2D eigenvalue weighted by Gasteiger charge is -2.31. The second-order valence-electron chi connectivity index (χ2n) is 9.66. The molecule has 4 unspecified atom stereocenters. The Balaban J connectivity index is 0.000000301. The van der Waals surface area contributed by atoms with Crippen molar-refractivity contribution in [2.24, 2.45) is 11.7 Å². The smallest absolute Gasteiger partial charge is 0.202 e. The predicted octanol–water partition coefficient (Wildman–Crippen LogP) is 1.55. The number of aliphatic hydroxyl groups is 2. The molecule has 10 nitrogen and oxygen atoms in total. The van der Waals surface area contributed by atoms with E-state index in [0.29, 0.717) is 6.61 Å². The maximum atomic E-state index is 13.1. The second-order valence-corrected chi connectivity index (χ2v) is 9.66. The van der Waals surface area contributed by atoms with Gasteiger partial charge in [-0.25, -0.2) is 0 Å². The quantitative estimate of drug-likeness (QED) is 0.316. The fraction of sp³-hybridized carbons (Fsp3) is 0.444. The normalized spacial score (nSPS) is 26.3. The van der Waals surface area contributed by atoms with E-state index in [1.165, 1.54) is 26.2 Å². The van der Waals surface area contributed by atoms with Gasteiger partial charge < -0.3 is 35.6 Å². The van der Waals surface area contributed by atoms with Crippen LogP contribution in [0.3, 0.4) is 0 Å². The highest BCUT2D eigenvalue weighted by molar-refractivity contribution is 6.31. The molecule has 0 aromatic heterocycles. The molecular formula is C27H31NO9. The molecule has 3 aliphatic rings. The fourth-order valence-electron chi connectivity index (χ4n) is 5.22. The molecule has 0 bridgehead atoms.